The lowest BCUT2D eigenvalue weighted by molar-refractivity contribution is 0.374. The lowest BCUT2D eigenvalue weighted by Crippen LogP contribution is -2.48. The van der Waals surface area contributed by atoms with Gasteiger partial charge in [0.25, 0.3) is 0 Å². The van der Waals surface area contributed by atoms with E-state index in [1.165, 1.54) is 23.5 Å². The zero-order chi connectivity index (χ0) is 18.9. The Bertz CT molecular complexity index is 890. The summed E-state index contributed by atoms with van der Waals surface area (Å²) in [7, 11) is -2.15. The van der Waals surface area contributed by atoms with Gasteiger partial charge in [-0.2, -0.15) is 4.31 Å². The maximum absolute atomic E-state index is 13.1. The number of hydrogen-bond acceptors (Lipinski definition) is 4. The summed E-state index contributed by atoms with van der Waals surface area (Å²) in [5, 5.41) is 0. The van der Waals surface area contributed by atoms with Crippen LogP contribution in [0.15, 0.2) is 41.3 Å². The number of hydrogen-bond donors (Lipinski definition) is 0. The Labute approximate surface area is 154 Å². The fourth-order valence-electron chi connectivity index (χ4n) is 3.10. The highest BCUT2D eigenvalue weighted by Gasteiger charge is 2.31. The molecule has 0 atom stereocenters. The van der Waals surface area contributed by atoms with E-state index in [0.717, 1.165) is 16.8 Å². The van der Waals surface area contributed by atoms with Crippen LogP contribution in [0.3, 0.4) is 0 Å². The molecular weight excluding hydrogens is 355 g/mol. The Morgan fingerprint density at radius 2 is 1.54 bits per heavy atom. The first-order chi connectivity index (χ1) is 12.3. The van der Waals surface area contributed by atoms with Crippen molar-refractivity contribution < 1.29 is 17.5 Å². The molecular formula is C19H23FN2O3S. The second-order valence-electron chi connectivity index (χ2n) is 6.45. The molecule has 26 heavy (non-hydrogen) atoms. The van der Waals surface area contributed by atoms with Gasteiger partial charge in [-0.15, -0.1) is 0 Å². The van der Waals surface area contributed by atoms with Crippen LogP contribution in [0.25, 0.3) is 0 Å². The predicted molar refractivity (Wildman–Crippen MR) is 99.8 cm³/mol. The number of nitrogens with zero attached hydrogens (tertiary/aromatic N) is 2. The van der Waals surface area contributed by atoms with Gasteiger partial charge in [0, 0.05) is 31.9 Å². The first-order valence-electron chi connectivity index (χ1n) is 8.49. The molecule has 0 spiro atoms. The molecule has 1 aliphatic rings. The third-order valence-electron chi connectivity index (χ3n) is 4.83. The van der Waals surface area contributed by atoms with E-state index in [1.54, 1.807) is 24.3 Å². The lowest BCUT2D eigenvalue weighted by atomic mass is 10.1. The molecule has 5 nitrogen and oxygen atoms in total. The van der Waals surface area contributed by atoms with E-state index in [-0.39, 0.29) is 10.7 Å². The third-order valence-corrected chi connectivity index (χ3v) is 6.75. The first kappa shape index (κ1) is 18.7. The van der Waals surface area contributed by atoms with Gasteiger partial charge in [-0.25, -0.2) is 12.8 Å². The minimum absolute atomic E-state index is 0.207. The summed E-state index contributed by atoms with van der Waals surface area (Å²) in [6.45, 7) is 5.66. The molecule has 0 bridgehead atoms. The maximum atomic E-state index is 13.1. The minimum atomic E-state index is -3.63. The summed E-state index contributed by atoms with van der Waals surface area (Å²) in [6, 6.07) is 9.70. The molecule has 0 amide bonds. The molecule has 0 aliphatic carbocycles. The number of sulfonamides is 1. The Morgan fingerprint density at radius 1 is 0.962 bits per heavy atom. The summed E-state index contributed by atoms with van der Waals surface area (Å²) in [5.41, 5.74) is 2.79. The number of aryl methyl sites for hydroxylation is 2. The lowest BCUT2D eigenvalue weighted by Gasteiger charge is -2.35. The second kappa shape index (κ2) is 7.25. The maximum Gasteiger partial charge on any atom is 0.246 e. The van der Waals surface area contributed by atoms with E-state index in [4.69, 9.17) is 4.74 Å². The minimum Gasteiger partial charge on any atom is -0.495 e. The Balaban J connectivity index is 1.80. The normalized spacial score (nSPS) is 15.9. The average Bonchev–Trinajstić information content (AvgIpc) is 2.64. The van der Waals surface area contributed by atoms with Crippen molar-refractivity contribution in [2.24, 2.45) is 0 Å². The summed E-state index contributed by atoms with van der Waals surface area (Å²) < 4.78 is 46.1. The quantitative estimate of drug-likeness (QED) is 0.821. The molecule has 2 aromatic rings. The van der Waals surface area contributed by atoms with Crippen molar-refractivity contribution in [2.75, 3.05) is 38.2 Å². The van der Waals surface area contributed by atoms with E-state index < -0.39 is 10.0 Å². The molecule has 7 heteroatoms. The molecule has 1 fully saturated rings. The highest BCUT2D eigenvalue weighted by molar-refractivity contribution is 7.89. The number of halogens is 1. The van der Waals surface area contributed by atoms with E-state index in [1.807, 2.05) is 13.8 Å². The fourth-order valence-corrected chi connectivity index (χ4v) is 4.75. The van der Waals surface area contributed by atoms with Gasteiger partial charge >= 0.3 is 0 Å². The number of ether oxygens (including phenoxy) is 1. The number of benzene rings is 2. The van der Waals surface area contributed by atoms with E-state index in [2.05, 4.69) is 4.90 Å². The van der Waals surface area contributed by atoms with Crippen molar-refractivity contribution in [3.05, 3.63) is 53.3 Å². The number of anilines is 1. The predicted octanol–water partition coefficient (Wildman–Crippen LogP) is 2.96. The average molecular weight is 378 g/mol. The van der Waals surface area contributed by atoms with Crippen LogP contribution in [0.5, 0.6) is 5.75 Å². The van der Waals surface area contributed by atoms with Crippen molar-refractivity contribution in [1.29, 1.82) is 0 Å². The zero-order valence-corrected chi connectivity index (χ0v) is 16.0. The van der Waals surface area contributed by atoms with Gasteiger partial charge in [0.1, 0.15) is 16.5 Å². The van der Waals surface area contributed by atoms with Crippen molar-refractivity contribution in [2.45, 2.75) is 18.7 Å². The van der Waals surface area contributed by atoms with Crippen molar-refractivity contribution in [1.82, 2.24) is 4.31 Å². The van der Waals surface area contributed by atoms with Gasteiger partial charge in [-0.1, -0.05) is 0 Å². The fraction of sp³-hybridized carbons (Fsp3) is 0.368. The molecule has 1 heterocycles. The van der Waals surface area contributed by atoms with Gasteiger partial charge in [0.15, 0.2) is 0 Å². The molecule has 1 saturated heterocycles. The summed E-state index contributed by atoms with van der Waals surface area (Å²) >= 11 is 0. The van der Waals surface area contributed by atoms with E-state index >= 15 is 0 Å². The van der Waals surface area contributed by atoms with Crippen molar-refractivity contribution in [3.8, 4) is 5.75 Å². The van der Waals surface area contributed by atoms with Crippen molar-refractivity contribution in [3.63, 3.8) is 0 Å². The Morgan fingerprint density at radius 3 is 2.12 bits per heavy atom. The van der Waals surface area contributed by atoms with Crippen LogP contribution in [0, 0.1) is 19.7 Å². The monoisotopic (exact) mass is 378 g/mol. The van der Waals surface area contributed by atoms with Crippen molar-refractivity contribution >= 4 is 15.7 Å². The number of rotatable bonds is 4. The van der Waals surface area contributed by atoms with Gasteiger partial charge < -0.3 is 9.64 Å². The molecule has 0 radical (unpaired) electrons. The summed E-state index contributed by atoms with van der Waals surface area (Å²) in [5.74, 6) is 0.0888. The summed E-state index contributed by atoms with van der Waals surface area (Å²) in [6.07, 6.45) is 0. The van der Waals surface area contributed by atoms with Crippen LogP contribution >= 0.6 is 0 Å². The Hall–Kier alpha value is -2.12. The molecule has 0 unspecified atom stereocenters. The molecule has 2 aromatic carbocycles. The highest BCUT2D eigenvalue weighted by atomic mass is 32.2. The van der Waals surface area contributed by atoms with Crippen LogP contribution in [0.1, 0.15) is 11.1 Å². The number of piperazine rings is 1. The first-order valence-corrected chi connectivity index (χ1v) is 9.93. The smallest absolute Gasteiger partial charge is 0.246 e. The van der Waals surface area contributed by atoms with Crippen LogP contribution in [-0.2, 0) is 10.0 Å². The highest BCUT2D eigenvalue weighted by Crippen LogP contribution is 2.30. The topological polar surface area (TPSA) is 49.9 Å². The van der Waals surface area contributed by atoms with Gasteiger partial charge in [-0.3, -0.25) is 0 Å². The van der Waals surface area contributed by atoms with Gasteiger partial charge in [0.2, 0.25) is 10.0 Å². The molecule has 140 valence electrons. The SMILES string of the molecule is COc1cc(C)c(C)cc1S(=O)(=O)N1CCN(c2ccc(F)cc2)CC1. The molecule has 1 aliphatic heterocycles. The molecule has 0 saturated carbocycles. The van der Waals surface area contributed by atoms with E-state index in [0.29, 0.717) is 31.9 Å². The third kappa shape index (κ3) is 3.54. The molecule has 0 N–H and O–H groups in total. The van der Waals surface area contributed by atoms with Crippen LogP contribution in [0.4, 0.5) is 10.1 Å². The van der Waals surface area contributed by atoms with E-state index in [9.17, 15) is 12.8 Å². The van der Waals surface area contributed by atoms with Crippen LogP contribution in [-0.4, -0.2) is 46.0 Å². The Kier molecular flexibility index (Phi) is 5.20. The van der Waals surface area contributed by atoms with Gasteiger partial charge in [0.05, 0.1) is 7.11 Å². The van der Waals surface area contributed by atoms with Gasteiger partial charge in [-0.05, 0) is 61.4 Å². The second-order valence-corrected chi connectivity index (χ2v) is 8.36. The largest absolute Gasteiger partial charge is 0.495 e. The van der Waals surface area contributed by atoms with Crippen LogP contribution < -0.4 is 9.64 Å². The summed E-state index contributed by atoms with van der Waals surface area (Å²) in [4.78, 5) is 2.27. The molecule has 3 rings (SSSR count). The number of methoxy groups -OCH3 is 1. The zero-order valence-electron chi connectivity index (χ0n) is 15.2. The van der Waals surface area contributed by atoms with Crippen LogP contribution in [0.2, 0.25) is 0 Å². The standard InChI is InChI=1S/C19H23FN2O3S/c1-14-12-18(25-3)19(13-15(14)2)26(23,24)22-10-8-21(9-11-22)17-6-4-16(20)5-7-17/h4-7,12-13H,8-11H2,1-3H3. The molecule has 0 aromatic heterocycles.